The number of methoxy groups -OCH3 is 1. The Labute approximate surface area is 181 Å². The first kappa shape index (κ1) is 19.4. The normalized spacial score (nSPS) is 14.8. The van der Waals surface area contributed by atoms with Gasteiger partial charge in [-0.1, -0.05) is 18.2 Å². The van der Waals surface area contributed by atoms with Gasteiger partial charge in [0.1, 0.15) is 17.2 Å². The summed E-state index contributed by atoms with van der Waals surface area (Å²) in [5, 5.41) is 0. The van der Waals surface area contributed by atoms with E-state index >= 15 is 0 Å². The standard InChI is InChI=1S/C24H26N6O/c1-31-20-6-4-5-18(15-20)24-21(30-16-19(25)8-9-23(30)27-24)17-28-11-13-29(14-12-28)22-7-2-3-10-26-22/h2-10,15-16H,11-14,17,25H2,1H3. The van der Waals surface area contributed by atoms with Crippen LogP contribution in [0.4, 0.5) is 11.5 Å². The Balaban J connectivity index is 1.44. The van der Waals surface area contributed by atoms with E-state index < -0.39 is 0 Å². The zero-order chi connectivity index (χ0) is 21.2. The van der Waals surface area contributed by atoms with Crippen LogP contribution in [0.5, 0.6) is 5.75 Å². The molecule has 7 heteroatoms. The summed E-state index contributed by atoms with van der Waals surface area (Å²) in [6.45, 7) is 4.62. The number of piperazine rings is 1. The molecular formula is C24H26N6O. The third-order valence-electron chi connectivity index (χ3n) is 5.80. The quantitative estimate of drug-likeness (QED) is 0.540. The number of anilines is 2. The number of imidazole rings is 1. The van der Waals surface area contributed by atoms with Crippen molar-refractivity contribution in [2.45, 2.75) is 6.54 Å². The summed E-state index contributed by atoms with van der Waals surface area (Å²) in [5.74, 6) is 1.87. The molecule has 0 unspecified atom stereocenters. The van der Waals surface area contributed by atoms with Gasteiger partial charge in [-0.15, -0.1) is 0 Å². The molecule has 0 amide bonds. The van der Waals surface area contributed by atoms with Crippen LogP contribution in [0.2, 0.25) is 0 Å². The van der Waals surface area contributed by atoms with Crippen molar-refractivity contribution >= 4 is 17.2 Å². The Kier molecular flexibility index (Phi) is 5.18. The molecule has 0 bridgehead atoms. The number of hydrogen-bond acceptors (Lipinski definition) is 6. The van der Waals surface area contributed by atoms with Crippen LogP contribution in [0.15, 0.2) is 67.0 Å². The number of ether oxygens (including phenoxy) is 1. The fourth-order valence-corrected chi connectivity index (χ4v) is 4.15. The van der Waals surface area contributed by atoms with Gasteiger partial charge in [-0.3, -0.25) is 4.90 Å². The van der Waals surface area contributed by atoms with Crippen LogP contribution in [-0.4, -0.2) is 52.6 Å². The highest BCUT2D eigenvalue weighted by Gasteiger charge is 2.22. The van der Waals surface area contributed by atoms with Gasteiger partial charge in [-0.25, -0.2) is 9.97 Å². The van der Waals surface area contributed by atoms with E-state index in [1.807, 2.05) is 54.9 Å². The molecular weight excluding hydrogens is 388 g/mol. The SMILES string of the molecule is COc1cccc(-c2nc3ccc(N)cn3c2CN2CCN(c3ccccn3)CC2)c1. The van der Waals surface area contributed by atoms with Crippen LogP contribution in [-0.2, 0) is 6.54 Å². The van der Waals surface area contributed by atoms with E-state index in [2.05, 4.69) is 31.3 Å². The van der Waals surface area contributed by atoms with Gasteiger partial charge in [0, 0.05) is 56.4 Å². The molecule has 1 aliphatic heterocycles. The van der Waals surface area contributed by atoms with Crippen LogP contribution in [0.25, 0.3) is 16.9 Å². The fraction of sp³-hybridized carbons (Fsp3) is 0.250. The molecule has 1 fully saturated rings. The second-order valence-electron chi connectivity index (χ2n) is 7.78. The van der Waals surface area contributed by atoms with E-state index in [1.165, 1.54) is 0 Å². The Morgan fingerprint density at radius 1 is 1.00 bits per heavy atom. The molecule has 1 saturated heterocycles. The van der Waals surface area contributed by atoms with Crippen molar-refractivity contribution in [2.24, 2.45) is 0 Å². The molecule has 1 aliphatic rings. The van der Waals surface area contributed by atoms with Gasteiger partial charge in [0.15, 0.2) is 0 Å². The maximum atomic E-state index is 6.11. The zero-order valence-corrected chi connectivity index (χ0v) is 17.6. The summed E-state index contributed by atoms with van der Waals surface area (Å²) in [4.78, 5) is 14.2. The molecule has 0 aliphatic carbocycles. The van der Waals surface area contributed by atoms with Gasteiger partial charge in [-0.2, -0.15) is 0 Å². The minimum absolute atomic E-state index is 0.725. The van der Waals surface area contributed by atoms with Crippen LogP contribution in [0.3, 0.4) is 0 Å². The number of benzene rings is 1. The number of rotatable bonds is 5. The van der Waals surface area contributed by atoms with Gasteiger partial charge in [0.05, 0.1) is 18.5 Å². The molecule has 0 spiro atoms. The van der Waals surface area contributed by atoms with E-state index in [0.29, 0.717) is 0 Å². The summed E-state index contributed by atoms with van der Waals surface area (Å²) in [7, 11) is 1.69. The number of fused-ring (bicyclic) bond motifs is 1. The van der Waals surface area contributed by atoms with E-state index in [4.69, 9.17) is 15.5 Å². The summed E-state index contributed by atoms with van der Waals surface area (Å²) in [6.07, 6.45) is 3.82. The first-order valence-electron chi connectivity index (χ1n) is 10.5. The molecule has 1 aromatic carbocycles. The maximum absolute atomic E-state index is 6.11. The largest absolute Gasteiger partial charge is 0.497 e. The lowest BCUT2D eigenvalue weighted by molar-refractivity contribution is 0.246. The van der Waals surface area contributed by atoms with Gasteiger partial charge >= 0.3 is 0 Å². The number of nitrogens with zero attached hydrogens (tertiary/aromatic N) is 5. The van der Waals surface area contributed by atoms with Crippen molar-refractivity contribution in [3.63, 3.8) is 0 Å². The number of hydrogen-bond donors (Lipinski definition) is 1. The predicted octanol–water partition coefficient (Wildman–Crippen LogP) is 3.31. The highest BCUT2D eigenvalue weighted by atomic mass is 16.5. The summed E-state index contributed by atoms with van der Waals surface area (Å²) < 4.78 is 7.56. The summed E-state index contributed by atoms with van der Waals surface area (Å²) in [5.41, 5.74) is 10.9. The average Bonchev–Trinajstić information content (AvgIpc) is 3.17. The first-order valence-corrected chi connectivity index (χ1v) is 10.5. The van der Waals surface area contributed by atoms with E-state index in [1.54, 1.807) is 7.11 Å². The molecule has 3 aromatic heterocycles. The first-order chi connectivity index (χ1) is 15.2. The van der Waals surface area contributed by atoms with E-state index in [0.717, 1.165) is 72.6 Å². The minimum Gasteiger partial charge on any atom is -0.497 e. The zero-order valence-electron chi connectivity index (χ0n) is 17.6. The Morgan fingerprint density at radius 3 is 2.65 bits per heavy atom. The third-order valence-corrected chi connectivity index (χ3v) is 5.80. The third kappa shape index (κ3) is 3.92. The van der Waals surface area contributed by atoms with Crippen molar-refractivity contribution in [3.05, 3.63) is 72.7 Å². The Morgan fingerprint density at radius 2 is 1.87 bits per heavy atom. The fourth-order valence-electron chi connectivity index (χ4n) is 4.15. The highest BCUT2D eigenvalue weighted by molar-refractivity contribution is 5.68. The predicted molar refractivity (Wildman–Crippen MR) is 123 cm³/mol. The molecule has 4 aromatic rings. The summed E-state index contributed by atoms with van der Waals surface area (Å²) >= 11 is 0. The van der Waals surface area contributed by atoms with Crippen LogP contribution in [0.1, 0.15) is 5.69 Å². The maximum Gasteiger partial charge on any atom is 0.137 e. The van der Waals surface area contributed by atoms with Gasteiger partial charge in [0.25, 0.3) is 0 Å². The molecule has 7 nitrogen and oxygen atoms in total. The summed E-state index contributed by atoms with van der Waals surface area (Å²) in [6, 6.07) is 18.0. The number of aromatic nitrogens is 3. The second kappa shape index (κ2) is 8.28. The molecule has 5 rings (SSSR count). The van der Waals surface area contributed by atoms with Crippen LogP contribution in [0, 0.1) is 0 Å². The molecule has 31 heavy (non-hydrogen) atoms. The number of pyridine rings is 2. The lowest BCUT2D eigenvalue weighted by Gasteiger charge is -2.35. The van der Waals surface area contributed by atoms with Crippen molar-refractivity contribution in [2.75, 3.05) is 43.9 Å². The molecule has 2 N–H and O–H groups in total. The van der Waals surface area contributed by atoms with Gasteiger partial charge in [-0.05, 0) is 36.4 Å². The number of nitrogens with two attached hydrogens (primary N) is 1. The molecule has 0 saturated carbocycles. The molecule has 4 heterocycles. The monoisotopic (exact) mass is 414 g/mol. The van der Waals surface area contributed by atoms with Crippen LogP contribution < -0.4 is 15.4 Å². The smallest absolute Gasteiger partial charge is 0.137 e. The highest BCUT2D eigenvalue weighted by Crippen LogP contribution is 2.29. The van der Waals surface area contributed by atoms with Crippen LogP contribution >= 0.6 is 0 Å². The lowest BCUT2D eigenvalue weighted by Crippen LogP contribution is -2.46. The van der Waals surface area contributed by atoms with Crippen molar-refractivity contribution in [1.29, 1.82) is 0 Å². The Hall–Kier alpha value is -3.58. The molecule has 0 atom stereocenters. The van der Waals surface area contributed by atoms with Gasteiger partial charge < -0.3 is 19.8 Å². The van der Waals surface area contributed by atoms with Crippen molar-refractivity contribution < 1.29 is 4.74 Å². The Bertz CT molecular complexity index is 1180. The van der Waals surface area contributed by atoms with E-state index in [-0.39, 0.29) is 0 Å². The number of nitrogen functional groups attached to an aromatic ring is 1. The topological polar surface area (TPSA) is 71.9 Å². The minimum atomic E-state index is 0.725. The van der Waals surface area contributed by atoms with Gasteiger partial charge in [0.2, 0.25) is 0 Å². The second-order valence-corrected chi connectivity index (χ2v) is 7.78. The van der Waals surface area contributed by atoms with E-state index in [9.17, 15) is 0 Å². The lowest BCUT2D eigenvalue weighted by atomic mass is 10.1. The molecule has 158 valence electrons. The van der Waals surface area contributed by atoms with Crippen molar-refractivity contribution in [3.8, 4) is 17.0 Å². The van der Waals surface area contributed by atoms with Crippen molar-refractivity contribution in [1.82, 2.24) is 19.3 Å². The average molecular weight is 415 g/mol. The molecule has 0 radical (unpaired) electrons.